The van der Waals surface area contributed by atoms with Crippen LogP contribution < -0.4 is 14.4 Å². The maximum atomic E-state index is 13.3. The molecule has 9 nitrogen and oxygen atoms in total. The number of anilines is 1. The molecule has 1 N–H and O–H groups in total. The van der Waals surface area contributed by atoms with Crippen LogP contribution in [0.25, 0.3) is 0 Å². The minimum Gasteiger partial charge on any atom is -0.493 e. The molecule has 36 heavy (non-hydrogen) atoms. The van der Waals surface area contributed by atoms with E-state index in [1.54, 1.807) is 18.2 Å². The van der Waals surface area contributed by atoms with Gasteiger partial charge in [0.15, 0.2) is 0 Å². The fourth-order valence-electron chi connectivity index (χ4n) is 3.53. The average molecular weight is 512 g/mol. The van der Waals surface area contributed by atoms with E-state index in [1.807, 2.05) is 31.2 Å². The van der Waals surface area contributed by atoms with Gasteiger partial charge >= 0.3 is 0 Å². The third kappa shape index (κ3) is 7.05. The normalized spacial score (nSPS) is 11.0. The molecule has 0 radical (unpaired) electrons. The molecule has 0 saturated carbocycles. The molecule has 0 fully saturated rings. The standard InChI is InChI=1S/C26H29N3O6S/c1-2-19-35-25-13-7-6-9-21(25)10-8-18-27-26(30)20-28(22-14-16-23(17-15-22)29(31)32)36(33,34)24-11-4-3-5-12-24/h3-7,9,11-17H,2,8,10,18-20H2,1H3,(H,27,30). The third-order valence-corrected chi connectivity index (χ3v) is 7.13. The number of hydrogen-bond donors (Lipinski definition) is 1. The van der Waals surface area contributed by atoms with Gasteiger partial charge in [-0.1, -0.05) is 43.3 Å². The van der Waals surface area contributed by atoms with Gasteiger partial charge in [0, 0.05) is 18.7 Å². The number of nitro groups is 1. The van der Waals surface area contributed by atoms with Crippen LogP contribution in [0.15, 0.2) is 83.8 Å². The fraction of sp³-hybridized carbons (Fsp3) is 0.269. The van der Waals surface area contributed by atoms with Crippen LogP contribution in [0.3, 0.4) is 0 Å². The predicted molar refractivity (Wildman–Crippen MR) is 138 cm³/mol. The molecule has 0 heterocycles. The van der Waals surface area contributed by atoms with E-state index in [0.717, 1.165) is 22.0 Å². The Hall–Kier alpha value is -3.92. The highest BCUT2D eigenvalue weighted by Crippen LogP contribution is 2.25. The van der Waals surface area contributed by atoms with Crippen molar-refractivity contribution in [3.63, 3.8) is 0 Å². The zero-order valence-electron chi connectivity index (χ0n) is 20.0. The van der Waals surface area contributed by atoms with Gasteiger partial charge in [-0.05, 0) is 55.2 Å². The zero-order valence-corrected chi connectivity index (χ0v) is 20.8. The second kappa shape index (κ2) is 12.7. The Labute approximate surface area is 210 Å². The first kappa shape index (κ1) is 26.7. The zero-order chi connectivity index (χ0) is 26.0. The van der Waals surface area contributed by atoms with E-state index in [-0.39, 0.29) is 16.3 Å². The summed E-state index contributed by atoms with van der Waals surface area (Å²) >= 11 is 0. The molecule has 0 atom stereocenters. The van der Waals surface area contributed by atoms with Gasteiger partial charge in [-0.3, -0.25) is 19.2 Å². The maximum absolute atomic E-state index is 13.3. The Morgan fingerprint density at radius 3 is 2.33 bits per heavy atom. The second-order valence-corrected chi connectivity index (χ2v) is 9.87. The molecular weight excluding hydrogens is 482 g/mol. The van der Waals surface area contributed by atoms with Crippen LogP contribution in [-0.2, 0) is 21.2 Å². The first-order valence-electron chi connectivity index (χ1n) is 11.6. The van der Waals surface area contributed by atoms with Crippen LogP contribution in [0.2, 0.25) is 0 Å². The van der Waals surface area contributed by atoms with Gasteiger partial charge in [-0.25, -0.2) is 8.42 Å². The van der Waals surface area contributed by atoms with E-state index in [0.29, 0.717) is 26.0 Å². The Kier molecular flexibility index (Phi) is 9.40. The molecular formula is C26H29N3O6S. The van der Waals surface area contributed by atoms with Gasteiger partial charge in [0.25, 0.3) is 15.7 Å². The molecule has 0 unspecified atom stereocenters. The number of nitrogens with one attached hydrogen (secondary N) is 1. The topological polar surface area (TPSA) is 119 Å². The van der Waals surface area contributed by atoms with Crippen molar-refractivity contribution < 1.29 is 22.9 Å². The van der Waals surface area contributed by atoms with Crippen molar-refractivity contribution in [3.8, 4) is 5.75 Å². The number of sulfonamides is 1. The predicted octanol–water partition coefficient (Wildman–Crippen LogP) is 4.33. The summed E-state index contributed by atoms with van der Waals surface area (Å²) in [6.45, 7) is 2.55. The van der Waals surface area contributed by atoms with E-state index < -0.39 is 27.4 Å². The summed E-state index contributed by atoms with van der Waals surface area (Å²) in [4.78, 5) is 23.2. The number of rotatable bonds is 13. The van der Waals surface area contributed by atoms with Crippen LogP contribution in [0.1, 0.15) is 25.3 Å². The SMILES string of the molecule is CCCOc1ccccc1CCCNC(=O)CN(c1ccc([N+](=O)[O-])cc1)S(=O)(=O)c1ccccc1. The number of aryl methyl sites for hydroxylation is 1. The maximum Gasteiger partial charge on any atom is 0.269 e. The fourth-order valence-corrected chi connectivity index (χ4v) is 4.97. The number of ether oxygens (including phenoxy) is 1. The van der Waals surface area contributed by atoms with Crippen LogP contribution in [0.4, 0.5) is 11.4 Å². The Morgan fingerprint density at radius 1 is 1.00 bits per heavy atom. The van der Waals surface area contributed by atoms with Crippen LogP contribution in [-0.4, -0.2) is 38.9 Å². The number of amides is 1. The van der Waals surface area contributed by atoms with Gasteiger partial charge in [0.1, 0.15) is 12.3 Å². The molecule has 0 aliphatic rings. The number of hydrogen-bond acceptors (Lipinski definition) is 6. The summed E-state index contributed by atoms with van der Waals surface area (Å²) in [7, 11) is -4.08. The van der Waals surface area contributed by atoms with Gasteiger partial charge in [0.05, 0.1) is 22.1 Å². The highest BCUT2D eigenvalue weighted by molar-refractivity contribution is 7.92. The number of nitro benzene ring substituents is 1. The van der Waals surface area contributed by atoms with E-state index in [4.69, 9.17) is 4.74 Å². The summed E-state index contributed by atoms with van der Waals surface area (Å²) in [6, 6.07) is 20.5. The minimum atomic E-state index is -4.08. The van der Waals surface area contributed by atoms with E-state index >= 15 is 0 Å². The first-order valence-corrected chi connectivity index (χ1v) is 13.1. The molecule has 190 valence electrons. The summed E-state index contributed by atoms with van der Waals surface area (Å²) in [6.07, 6.45) is 2.23. The van der Waals surface area contributed by atoms with Crippen molar-refractivity contribution >= 4 is 27.3 Å². The summed E-state index contributed by atoms with van der Waals surface area (Å²) in [5.74, 6) is 0.340. The highest BCUT2D eigenvalue weighted by atomic mass is 32.2. The van der Waals surface area contributed by atoms with Crippen LogP contribution in [0, 0.1) is 10.1 Å². The van der Waals surface area contributed by atoms with Crippen LogP contribution in [0.5, 0.6) is 5.75 Å². The minimum absolute atomic E-state index is 0.0137. The van der Waals surface area contributed by atoms with Crippen molar-refractivity contribution in [2.45, 2.75) is 31.1 Å². The number of nitrogens with zero attached hydrogens (tertiary/aromatic N) is 2. The lowest BCUT2D eigenvalue weighted by Crippen LogP contribution is -2.41. The summed E-state index contributed by atoms with van der Waals surface area (Å²) in [5.41, 5.74) is 1.02. The summed E-state index contributed by atoms with van der Waals surface area (Å²) in [5, 5.41) is 13.8. The van der Waals surface area contributed by atoms with Gasteiger partial charge < -0.3 is 10.1 Å². The number of para-hydroxylation sites is 1. The Balaban J connectivity index is 1.68. The molecule has 3 aromatic rings. The van der Waals surface area contributed by atoms with Gasteiger partial charge in [0.2, 0.25) is 5.91 Å². The number of carbonyl (C=O) groups is 1. The molecule has 3 rings (SSSR count). The molecule has 0 aromatic heterocycles. The molecule has 0 aliphatic carbocycles. The lowest BCUT2D eigenvalue weighted by Gasteiger charge is -2.24. The Bertz CT molecular complexity index is 1260. The molecule has 0 saturated heterocycles. The number of benzene rings is 3. The molecule has 10 heteroatoms. The Morgan fingerprint density at radius 2 is 1.67 bits per heavy atom. The quantitative estimate of drug-likeness (QED) is 0.207. The lowest BCUT2D eigenvalue weighted by atomic mass is 10.1. The van der Waals surface area contributed by atoms with E-state index in [2.05, 4.69) is 5.32 Å². The van der Waals surface area contributed by atoms with E-state index in [9.17, 15) is 23.3 Å². The van der Waals surface area contributed by atoms with Gasteiger partial charge in [-0.2, -0.15) is 0 Å². The molecule has 0 spiro atoms. The lowest BCUT2D eigenvalue weighted by molar-refractivity contribution is -0.384. The third-order valence-electron chi connectivity index (χ3n) is 5.35. The molecule has 1 amide bonds. The van der Waals surface area contributed by atoms with Crippen molar-refractivity contribution in [2.24, 2.45) is 0 Å². The number of carbonyl (C=O) groups excluding carboxylic acids is 1. The second-order valence-electron chi connectivity index (χ2n) is 8.01. The van der Waals surface area contributed by atoms with Crippen molar-refractivity contribution in [1.29, 1.82) is 0 Å². The first-order chi connectivity index (χ1) is 17.3. The highest BCUT2D eigenvalue weighted by Gasteiger charge is 2.27. The van der Waals surface area contributed by atoms with E-state index in [1.165, 1.54) is 36.4 Å². The van der Waals surface area contributed by atoms with Crippen molar-refractivity contribution in [3.05, 3.63) is 94.5 Å². The van der Waals surface area contributed by atoms with Crippen LogP contribution >= 0.6 is 0 Å². The van der Waals surface area contributed by atoms with Crippen molar-refractivity contribution in [2.75, 3.05) is 24.0 Å². The monoisotopic (exact) mass is 511 g/mol. The number of non-ortho nitro benzene ring substituents is 1. The molecule has 3 aromatic carbocycles. The molecule has 0 bridgehead atoms. The molecule has 0 aliphatic heterocycles. The average Bonchev–Trinajstić information content (AvgIpc) is 2.89. The smallest absolute Gasteiger partial charge is 0.269 e. The summed E-state index contributed by atoms with van der Waals surface area (Å²) < 4.78 is 33.4. The van der Waals surface area contributed by atoms with Crippen molar-refractivity contribution in [1.82, 2.24) is 5.32 Å². The largest absolute Gasteiger partial charge is 0.493 e. The van der Waals surface area contributed by atoms with Gasteiger partial charge in [-0.15, -0.1) is 0 Å².